The molecule has 0 spiro atoms. The zero-order valence-corrected chi connectivity index (χ0v) is 28.2. The van der Waals surface area contributed by atoms with Crippen molar-refractivity contribution >= 4 is 34.5 Å². The summed E-state index contributed by atoms with van der Waals surface area (Å²) < 4.78 is 47.2. The molecule has 2 atom stereocenters. The summed E-state index contributed by atoms with van der Waals surface area (Å²) in [7, 11) is 4.10. The van der Waals surface area contributed by atoms with E-state index in [0.29, 0.717) is 6.42 Å². The van der Waals surface area contributed by atoms with Crippen LogP contribution in [0.4, 0.5) is 9.18 Å². The van der Waals surface area contributed by atoms with Gasteiger partial charge in [-0.2, -0.15) is 0 Å². The first-order valence-electron chi connectivity index (χ1n) is 15.9. The fourth-order valence-electron chi connectivity index (χ4n) is 5.73. The average molecular weight is 705 g/mol. The molecule has 4 aromatic rings. The second-order valence-corrected chi connectivity index (χ2v) is 11.6. The number of ketones is 1. The molecule has 1 heterocycles. The van der Waals surface area contributed by atoms with Crippen LogP contribution >= 0.6 is 0 Å². The fourth-order valence-corrected chi connectivity index (χ4v) is 5.73. The molecule has 13 nitrogen and oxygen atoms in total. The van der Waals surface area contributed by atoms with E-state index in [-0.39, 0.29) is 72.6 Å². The zero-order chi connectivity index (χ0) is 36.5. The van der Waals surface area contributed by atoms with Crippen LogP contribution in [0.2, 0.25) is 0 Å². The largest absolute Gasteiger partial charge is 0.494 e. The Kier molecular flexibility index (Phi) is 12.0. The number of carbonyl (C=O) groups excluding carboxylic acids is 3. The molecule has 51 heavy (non-hydrogen) atoms. The number of hydrogen-bond donors (Lipinski definition) is 2. The highest BCUT2D eigenvalue weighted by Gasteiger charge is 2.34. The Morgan fingerprint density at radius 3 is 2.12 bits per heavy atom. The summed E-state index contributed by atoms with van der Waals surface area (Å²) in [5.41, 5.74) is -0.0586. The highest BCUT2D eigenvalue weighted by molar-refractivity contribution is 6.11. The van der Waals surface area contributed by atoms with Crippen molar-refractivity contribution < 1.29 is 57.1 Å². The van der Waals surface area contributed by atoms with Crippen LogP contribution in [0.15, 0.2) is 72.8 Å². The lowest BCUT2D eigenvalue weighted by atomic mass is 10.00. The number of rotatable bonds is 13. The lowest BCUT2D eigenvalue weighted by molar-refractivity contribution is 0.0177. The molecule has 14 heteroatoms. The van der Waals surface area contributed by atoms with Gasteiger partial charge in [-0.05, 0) is 60.0 Å². The van der Waals surface area contributed by atoms with E-state index >= 15 is 4.39 Å². The fraction of sp³-hybridized carbons (Fsp3) is 0.297. The molecule has 2 N–H and O–H groups in total. The predicted molar refractivity (Wildman–Crippen MR) is 181 cm³/mol. The second kappa shape index (κ2) is 16.8. The first-order chi connectivity index (χ1) is 24.6. The highest BCUT2D eigenvalue weighted by Crippen LogP contribution is 2.32. The molecule has 1 saturated heterocycles. The van der Waals surface area contributed by atoms with E-state index in [9.17, 15) is 24.3 Å². The molecule has 268 valence electrons. The maximum Gasteiger partial charge on any atom is 0.407 e. The van der Waals surface area contributed by atoms with Gasteiger partial charge in [0.2, 0.25) is 0 Å². The molecule has 4 aromatic carbocycles. The van der Waals surface area contributed by atoms with Gasteiger partial charge < -0.3 is 43.7 Å². The standard InChI is InChI=1S/C37H37FN2O11/c1-46-20-49-29-14-15-30(48-3)33(38)32(29)34(41)22-10-12-23(13-11-22)36(43)51-28-9-6-16-40(37(44)45)19-27(28)39-35(42)26-17-24-7-4-5-8-25(24)18-31(26)50-21-47-2/h4-5,7-8,10-15,17-18,27-28H,6,9,16,19-21H2,1-3H3,(H,39,42)(H,44,45)/t27-,28-/m1/s1. The van der Waals surface area contributed by atoms with E-state index in [1.165, 1.54) is 57.7 Å². The van der Waals surface area contributed by atoms with Crippen LogP contribution in [-0.2, 0) is 14.2 Å². The Morgan fingerprint density at radius 2 is 1.47 bits per heavy atom. The molecule has 1 fully saturated rings. The SMILES string of the molecule is COCOc1cc2ccccc2cc1C(=O)N[C@@H]1CN(C(=O)O)CCC[C@H]1OC(=O)c1ccc(C(=O)c2c(OCOC)ccc(OC)c2F)cc1. The van der Waals surface area contributed by atoms with E-state index < -0.39 is 41.7 Å². The van der Waals surface area contributed by atoms with Gasteiger partial charge in [0.25, 0.3) is 5.91 Å². The second-order valence-electron chi connectivity index (χ2n) is 11.6. The monoisotopic (exact) mass is 704 g/mol. The number of benzene rings is 4. The van der Waals surface area contributed by atoms with Gasteiger partial charge in [0, 0.05) is 32.9 Å². The van der Waals surface area contributed by atoms with Crippen molar-refractivity contribution in [2.24, 2.45) is 0 Å². The Balaban J connectivity index is 1.37. The van der Waals surface area contributed by atoms with Crippen LogP contribution in [0.1, 0.15) is 49.5 Å². The number of fused-ring (bicyclic) bond motifs is 1. The number of halogens is 1. The number of amides is 2. The smallest absolute Gasteiger partial charge is 0.407 e. The van der Waals surface area contributed by atoms with Crippen molar-refractivity contribution in [1.82, 2.24) is 10.2 Å². The van der Waals surface area contributed by atoms with Crippen LogP contribution in [0.3, 0.4) is 0 Å². The van der Waals surface area contributed by atoms with Crippen LogP contribution in [0, 0.1) is 5.82 Å². The van der Waals surface area contributed by atoms with Crippen molar-refractivity contribution in [3.63, 3.8) is 0 Å². The summed E-state index contributed by atoms with van der Waals surface area (Å²) >= 11 is 0. The Bertz CT molecular complexity index is 1900. The minimum Gasteiger partial charge on any atom is -0.494 e. The van der Waals surface area contributed by atoms with Crippen molar-refractivity contribution in [3.05, 3.63) is 101 Å². The number of nitrogens with one attached hydrogen (secondary N) is 1. The molecule has 0 radical (unpaired) electrons. The molecule has 0 aromatic heterocycles. The van der Waals surface area contributed by atoms with Crippen LogP contribution < -0.4 is 19.5 Å². The van der Waals surface area contributed by atoms with Gasteiger partial charge >= 0.3 is 12.1 Å². The van der Waals surface area contributed by atoms with Crippen LogP contribution in [0.5, 0.6) is 17.2 Å². The van der Waals surface area contributed by atoms with Gasteiger partial charge in [-0.15, -0.1) is 0 Å². The van der Waals surface area contributed by atoms with Gasteiger partial charge in [0.15, 0.2) is 30.9 Å². The molecule has 0 unspecified atom stereocenters. The maximum absolute atomic E-state index is 15.2. The van der Waals surface area contributed by atoms with Crippen molar-refractivity contribution in [3.8, 4) is 17.2 Å². The third-order valence-corrected chi connectivity index (χ3v) is 8.28. The van der Waals surface area contributed by atoms with Gasteiger partial charge in [-0.25, -0.2) is 14.0 Å². The van der Waals surface area contributed by atoms with Gasteiger partial charge in [0.1, 0.15) is 23.2 Å². The van der Waals surface area contributed by atoms with E-state index in [1.807, 2.05) is 24.3 Å². The molecule has 0 saturated carbocycles. The van der Waals surface area contributed by atoms with Crippen LogP contribution in [0.25, 0.3) is 10.8 Å². The van der Waals surface area contributed by atoms with Crippen LogP contribution in [-0.4, -0.2) is 93.9 Å². The Morgan fingerprint density at radius 1 is 0.843 bits per heavy atom. The number of ether oxygens (including phenoxy) is 6. The number of nitrogens with zero attached hydrogens (tertiary/aromatic N) is 1. The van der Waals surface area contributed by atoms with E-state index in [2.05, 4.69) is 5.32 Å². The summed E-state index contributed by atoms with van der Waals surface area (Å²) in [6, 6.07) is 18.0. The summed E-state index contributed by atoms with van der Waals surface area (Å²) in [6.45, 7) is -0.319. The third-order valence-electron chi connectivity index (χ3n) is 8.28. The molecule has 2 amide bonds. The lowest BCUT2D eigenvalue weighted by Gasteiger charge is -2.28. The average Bonchev–Trinajstić information content (AvgIpc) is 3.34. The normalized spacial score (nSPS) is 15.8. The van der Waals surface area contributed by atoms with Crippen molar-refractivity contribution in [1.29, 1.82) is 0 Å². The summed E-state index contributed by atoms with van der Waals surface area (Å²) in [5.74, 6) is -2.93. The van der Waals surface area contributed by atoms with Gasteiger partial charge in [-0.3, -0.25) is 9.59 Å². The van der Waals surface area contributed by atoms with E-state index in [4.69, 9.17) is 28.4 Å². The molecular weight excluding hydrogens is 667 g/mol. The zero-order valence-electron chi connectivity index (χ0n) is 28.2. The minimum absolute atomic E-state index is 0.0541. The molecule has 1 aliphatic heterocycles. The van der Waals surface area contributed by atoms with E-state index in [0.717, 1.165) is 15.7 Å². The number of carbonyl (C=O) groups is 4. The molecular formula is C37H37FN2O11. The molecule has 5 rings (SSSR count). The van der Waals surface area contributed by atoms with Crippen molar-refractivity contribution in [2.75, 3.05) is 48.0 Å². The first-order valence-corrected chi connectivity index (χ1v) is 15.9. The first kappa shape index (κ1) is 36.5. The number of methoxy groups -OCH3 is 3. The number of carboxylic acid groups (broad SMARTS) is 1. The summed E-state index contributed by atoms with van der Waals surface area (Å²) in [4.78, 5) is 53.8. The lowest BCUT2D eigenvalue weighted by Crippen LogP contribution is -2.51. The molecule has 1 aliphatic rings. The minimum atomic E-state index is -1.18. The van der Waals surface area contributed by atoms with Gasteiger partial charge in [0.05, 0.1) is 24.3 Å². The quantitative estimate of drug-likeness (QED) is 0.106. The number of esters is 1. The van der Waals surface area contributed by atoms with Crippen molar-refractivity contribution in [2.45, 2.75) is 25.0 Å². The topological polar surface area (TPSA) is 159 Å². The molecule has 0 bridgehead atoms. The Labute approximate surface area is 292 Å². The van der Waals surface area contributed by atoms with E-state index in [1.54, 1.807) is 12.1 Å². The summed E-state index contributed by atoms with van der Waals surface area (Å²) in [5, 5.41) is 14.3. The predicted octanol–water partition coefficient (Wildman–Crippen LogP) is 5.28. The number of hydrogen-bond acceptors (Lipinski definition) is 10. The Hall–Kier alpha value is -5.73. The maximum atomic E-state index is 15.2. The number of likely N-dealkylation sites (tertiary alicyclic amines) is 1. The molecule has 0 aliphatic carbocycles. The van der Waals surface area contributed by atoms with Gasteiger partial charge in [-0.1, -0.05) is 36.4 Å². The third kappa shape index (κ3) is 8.53. The summed E-state index contributed by atoms with van der Waals surface area (Å²) in [6.07, 6.45) is -1.48. The highest BCUT2D eigenvalue weighted by atomic mass is 19.1.